The van der Waals surface area contributed by atoms with Crippen molar-refractivity contribution in [2.75, 3.05) is 20.7 Å². The van der Waals surface area contributed by atoms with Crippen molar-refractivity contribution in [3.8, 4) is 0 Å². The summed E-state index contributed by atoms with van der Waals surface area (Å²) in [7, 11) is -1.22. The Balaban J connectivity index is 2.74. The zero-order valence-corrected chi connectivity index (χ0v) is 14.4. The molecule has 1 atom stereocenters. The fourth-order valence-electron chi connectivity index (χ4n) is 1.99. The van der Waals surface area contributed by atoms with Crippen LogP contribution in [0, 0.1) is 11.8 Å². The van der Waals surface area contributed by atoms with E-state index in [9.17, 15) is 18.0 Å². The van der Waals surface area contributed by atoms with E-state index in [0.717, 1.165) is 0 Å². The summed E-state index contributed by atoms with van der Waals surface area (Å²) in [6.45, 7) is 4.00. The normalized spacial score (nSPS) is 12.9. The second-order valence-electron chi connectivity index (χ2n) is 5.39. The summed E-state index contributed by atoms with van der Waals surface area (Å²) >= 11 is 0. The molecule has 0 aliphatic heterocycles. The van der Waals surface area contributed by atoms with Gasteiger partial charge in [-0.3, -0.25) is 9.59 Å². The highest BCUT2D eigenvalue weighted by Gasteiger charge is 2.23. The number of carbonyl (C=O) groups is 2. The monoisotopic (exact) mass is 346 g/mol. The third kappa shape index (κ3) is 5.36. The first-order valence-corrected chi connectivity index (χ1v) is 8.59. The Morgan fingerprint density at radius 1 is 1.30 bits per heavy atom. The first kappa shape index (κ1) is 19.2. The first-order valence-electron chi connectivity index (χ1n) is 7.10. The van der Waals surface area contributed by atoms with Crippen LogP contribution < -0.4 is 10.0 Å². The minimum absolute atomic E-state index is 0.0818. The molecule has 0 bridgehead atoms. The zero-order valence-electron chi connectivity index (χ0n) is 13.6. The highest BCUT2D eigenvalue weighted by molar-refractivity contribution is 7.89. The van der Waals surface area contributed by atoms with Gasteiger partial charge in [-0.25, -0.2) is 13.1 Å². The quantitative estimate of drug-likeness (QED) is 0.671. The van der Waals surface area contributed by atoms with Crippen molar-refractivity contribution in [2.45, 2.75) is 25.4 Å². The van der Waals surface area contributed by atoms with Crippen LogP contribution in [0.4, 0.5) is 0 Å². The van der Waals surface area contributed by atoms with Crippen molar-refractivity contribution in [3.63, 3.8) is 0 Å². The predicted molar refractivity (Wildman–Crippen MR) is 82.2 cm³/mol. The first-order chi connectivity index (χ1) is 10.7. The van der Waals surface area contributed by atoms with Crippen LogP contribution >= 0.6 is 0 Å². The fourth-order valence-corrected chi connectivity index (χ4v) is 2.64. The molecule has 1 rings (SSSR count). The molecule has 0 unspecified atom stereocenters. The maximum atomic E-state index is 12.0. The number of hydrogen-bond acceptors (Lipinski definition) is 6. The molecule has 2 N–H and O–H groups in total. The van der Waals surface area contributed by atoms with Crippen molar-refractivity contribution in [1.29, 1.82) is 0 Å². The van der Waals surface area contributed by atoms with Gasteiger partial charge in [0.15, 0.2) is 5.76 Å². The number of sulfonamides is 1. The standard InChI is InChI=1S/C14H22N2O6S/c1-9(2)7-10(14(18)21-4)8-16-13(17)11-5-6-12(22-11)23(19,20)15-3/h5-6,9-10,15H,7-8H2,1-4H3,(H,16,17)/t10-/m0/s1. The van der Waals surface area contributed by atoms with Crippen LogP contribution in [-0.4, -0.2) is 41.0 Å². The zero-order chi connectivity index (χ0) is 17.6. The van der Waals surface area contributed by atoms with Crippen LogP contribution in [0.3, 0.4) is 0 Å². The van der Waals surface area contributed by atoms with Crippen LogP contribution in [0.5, 0.6) is 0 Å². The van der Waals surface area contributed by atoms with Gasteiger partial charge in [-0.05, 0) is 31.5 Å². The third-order valence-electron chi connectivity index (χ3n) is 3.14. The number of furan rings is 1. The molecule has 1 heterocycles. The van der Waals surface area contributed by atoms with Gasteiger partial charge in [-0.1, -0.05) is 13.8 Å². The number of amides is 1. The Bertz CT molecular complexity index is 650. The van der Waals surface area contributed by atoms with Gasteiger partial charge in [0.25, 0.3) is 15.9 Å². The van der Waals surface area contributed by atoms with Gasteiger partial charge in [-0.2, -0.15) is 0 Å². The van der Waals surface area contributed by atoms with Crippen LogP contribution in [0.1, 0.15) is 30.8 Å². The molecule has 23 heavy (non-hydrogen) atoms. The average Bonchev–Trinajstić information content (AvgIpc) is 3.00. The van der Waals surface area contributed by atoms with E-state index in [4.69, 9.17) is 9.15 Å². The minimum Gasteiger partial charge on any atom is -0.469 e. The van der Waals surface area contributed by atoms with Crippen molar-refractivity contribution in [3.05, 3.63) is 17.9 Å². The van der Waals surface area contributed by atoms with E-state index < -0.39 is 27.8 Å². The van der Waals surface area contributed by atoms with E-state index in [-0.39, 0.29) is 23.3 Å². The summed E-state index contributed by atoms with van der Waals surface area (Å²) < 4.78 is 34.9. The molecule has 1 amide bonds. The van der Waals surface area contributed by atoms with Gasteiger partial charge in [0, 0.05) is 6.54 Å². The lowest BCUT2D eigenvalue weighted by Gasteiger charge is -2.16. The smallest absolute Gasteiger partial charge is 0.310 e. The highest BCUT2D eigenvalue weighted by Crippen LogP contribution is 2.15. The number of methoxy groups -OCH3 is 1. The molecule has 1 aromatic rings. The molecular formula is C14H22N2O6S. The van der Waals surface area contributed by atoms with E-state index in [1.54, 1.807) is 0 Å². The van der Waals surface area contributed by atoms with Gasteiger partial charge in [-0.15, -0.1) is 0 Å². The number of esters is 1. The van der Waals surface area contributed by atoms with Crippen molar-refractivity contribution in [1.82, 2.24) is 10.0 Å². The fraction of sp³-hybridized carbons (Fsp3) is 0.571. The maximum Gasteiger partial charge on any atom is 0.310 e. The molecule has 1 aromatic heterocycles. The lowest BCUT2D eigenvalue weighted by atomic mass is 9.97. The SMILES string of the molecule is CNS(=O)(=O)c1ccc(C(=O)NC[C@H](CC(C)C)C(=O)OC)o1. The Hall–Kier alpha value is -1.87. The van der Waals surface area contributed by atoms with Gasteiger partial charge >= 0.3 is 5.97 Å². The summed E-state index contributed by atoms with van der Waals surface area (Å²) in [5.74, 6) is -1.37. The van der Waals surface area contributed by atoms with Gasteiger partial charge in [0.05, 0.1) is 13.0 Å². The number of rotatable bonds is 8. The topological polar surface area (TPSA) is 115 Å². The second kappa shape index (κ2) is 8.11. The summed E-state index contributed by atoms with van der Waals surface area (Å²) in [6, 6.07) is 2.45. The average molecular weight is 346 g/mol. The Labute approximate surface area is 135 Å². The van der Waals surface area contributed by atoms with Gasteiger partial charge < -0.3 is 14.5 Å². The summed E-state index contributed by atoms with van der Waals surface area (Å²) in [4.78, 5) is 23.7. The lowest BCUT2D eigenvalue weighted by molar-refractivity contribution is -0.145. The van der Waals surface area contributed by atoms with Gasteiger partial charge in [0.2, 0.25) is 5.09 Å². The minimum atomic E-state index is -3.75. The van der Waals surface area contributed by atoms with E-state index in [1.807, 2.05) is 13.8 Å². The third-order valence-corrected chi connectivity index (χ3v) is 4.42. The number of ether oxygens (including phenoxy) is 1. The molecule has 0 fully saturated rings. The molecule has 0 spiro atoms. The Morgan fingerprint density at radius 3 is 2.48 bits per heavy atom. The molecule has 0 saturated carbocycles. The van der Waals surface area contributed by atoms with E-state index in [1.165, 1.54) is 26.3 Å². The summed E-state index contributed by atoms with van der Waals surface area (Å²) in [5.41, 5.74) is 0. The second-order valence-corrected chi connectivity index (χ2v) is 7.20. The largest absolute Gasteiger partial charge is 0.469 e. The van der Waals surface area contributed by atoms with Crippen molar-refractivity contribution in [2.24, 2.45) is 11.8 Å². The van der Waals surface area contributed by atoms with E-state index in [2.05, 4.69) is 10.0 Å². The maximum absolute atomic E-state index is 12.0. The van der Waals surface area contributed by atoms with Crippen LogP contribution in [0.15, 0.2) is 21.6 Å². The van der Waals surface area contributed by atoms with Gasteiger partial charge in [0.1, 0.15) is 0 Å². The molecule has 0 aliphatic rings. The number of hydrogen-bond donors (Lipinski definition) is 2. The van der Waals surface area contributed by atoms with Crippen LogP contribution in [0.2, 0.25) is 0 Å². The Kier molecular flexibility index (Phi) is 6.77. The molecule has 0 radical (unpaired) electrons. The summed E-state index contributed by atoms with van der Waals surface area (Å²) in [5, 5.41) is 2.20. The van der Waals surface area contributed by atoms with E-state index in [0.29, 0.717) is 6.42 Å². The molecule has 8 nitrogen and oxygen atoms in total. The van der Waals surface area contributed by atoms with Crippen LogP contribution in [-0.2, 0) is 19.6 Å². The molecule has 0 aliphatic carbocycles. The molecule has 0 saturated heterocycles. The predicted octanol–water partition coefficient (Wildman–Crippen LogP) is 0.753. The molecule has 9 heteroatoms. The molecule has 130 valence electrons. The number of carbonyl (C=O) groups excluding carboxylic acids is 2. The molecular weight excluding hydrogens is 324 g/mol. The molecule has 0 aromatic carbocycles. The number of nitrogens with one attached hydrogen (secondary N) is 2. The van der Waals surface area contributed by atoms with Crippen molar-refractivity contribution < 1.29 is 27.2 Å². The summed E-state index contributed by atoms with van der Waals surface area (Å²) in [6.07, 6.45) is 0.560. The van der Waals surface area contributed by atoms with E-state index >= 15 is 0 Å². The lowest BCUT2D eigenvalue weighted by Crippen LogP contribution is -2.34. The van der Waals surface area contributed by atoms with Crippen LogP contribution in [0.25, 0.3) is 0 Å². The highest BCUT2D eigenvalue weighted by atomic mass is 32.2. The van der Waals surface area contributed by atoms with Crippen molar-refractivity contribution >= 4 is 21.9 Å². The Morgan fingerprint density at radius 2 is 1.96 bits per heavy atom.